The van der Waals surface area contributed by atoms with Crippen LogP contribution in [0.15, 0.2) is 18.2 Å². The minimum Gasteiger partial charge on any atom is -0.323 e. The van der Waals surface area contributed by atoms with Crippen LogP contribution in [-0.2, 0) is 4.79 Å². The fourth-order valence-electron chi connectivity index (χ4n) is 2.08. The van der Waals surface area contributed by atoms with Gasteiger partial charge in [0.05, 0.1) is 28.4 Å². The molecule has 0 aliphatic carbocycles. The van der Waals surface area contributed by atoms with Crippen LogP contribution in [0.25, 0.3) is 0 Å². The highest BCUT2D eigenvalue weighted by Crippen LogP contribution is 2.24. The lowest BCUT2D eigenvalue weighted by Gasteiger charge is -2.16. The molecule has 0 saturated carbocycles. The molecule has 1 aromatic carbocycles. The second-order valence-corrected chi connectivity index (χ2v) is 4.90. The summed E-state index contributed by atoms with van der Waals surface area (Å²) in [5.74, 6) is 0.244. The van der Waals surface area contributed by atoms with Crippen LogP contribution in [0.1, 0.15) is 18.9 Å². The molecule has 5 heteroatoms. The largest absolute Gasteiger partial charge is 0.323 e. The maximum atomic E-state index is 12.0. The molecular formula is C13H14ClN3O. The van der Waals surface area contributed by atoms with Gasteiger partial charge in [0, 0.05) is 0 Å². The summed E-state index contributed by atoms with van der Waals surface area (Å²) in [6.45, 7) is 2.91. The molecule has 94 valence electrons. The Morgan fingerprint density at radius 2 is 2.39 bits per heavy atom. The van der Waals surface area contributed by atoms with Gasteiger partial charge in [0.2, 0.25) is 5.91 Å². The fraction of sp³-hybridized carbons (Fsp3) is 0.385. The van der Waals surface area contributed by atoms with E-state index in [1.807, 2.05) is 13.0 Å². The smallest absolute Gasteiger partial charge is 0.241 e. The Morgan fingerprint density at radius 1 is 1.61 bits per heavy atom. The van der Waals surface area contributed by atoms with Crippen LogP contribution in [-0.4, -0.2) is 18.5 Å². The number of halogens is 1. The van der Waals surface area contributed by atoms with E-state index in [1.54, 1.807) is 18.2 Å². The minimum absolute atomic E-state index is 0.0772. The van der Waals surface area contributed by atoms with E-state index in [2.05, 4.69) is 10.6 Å². The lowest BCUT2D eigenvalue weighted by atomic mass is 10.0. The first-order valence-electron chi connectivity index (χ1n) is 5.85. The summed E-state index contributed by atoms with van der Waals surface area (Å²) in [6, 6.07) is 6.66. The van der Waals surface area contributed by atoms with Crippen molar-refractivity contribution in [3.63, 3.8) is 0 Å². The predicted octanol–water partition coefficient (Wildman–Crippen LogP) is 2.15. The number of benzene rings is 1. The molecule has 1 heterocycles. The topological polar surface area (TPSA) is 64.9 Å². The maximum absolute atomic E-state index is 12.0. The molecule has 1 aliphatic heterocycles. The second-order valence-electron chi connectivity index (χ2n) is 4.49. The molecule has 0 radical (unpaired) electrons. The number of nitrogens with one attached hydrogen (secondary N) is 2. The zero-order valence-corrected chi connectivity index (χ0v) is 10.8. The SMILES string of the molecule is CC1CCNC1C(=O)Nc1ccc(C#N)cc1Cl. The number of nitriles is 1. The summed E-state index contributed by atoms with van der Waals surface area (Å²) in [5, 5.41) is 15.1. The number of nitrogens with zero attached hydrogens (tertiary/aromatic N) is 1. The van der Waals surface area contributed by atoms with Crippen LogP contribution in [0, 0.1) is 17.2 Å². The summed E-state index contributed by atoms with van der Waals surface area (Å²) in [5.41, 5.74) is 1.02. The lowest BCUT2D eigenvalue weighted by Crippen LogP contribution is -2.39. The highest BCUT2D eigenvalue weighted by Gasteiger charge is 2.29. The average molecular weight is 264 g/mol. The fourth-order valence-corrected chi connectivity index (χ4v) is 2.31. The summed E-state index contributed by atoms with van der Waals surface area (Å²) in [4.78, 5) is 12.0. The molecule has 0 bridgehead atoms. The van der Waals surface area contributed by atoms with Crippen LogP contribution in [0.4, 0.5) is 5.69 Å². The van der Waals surface area contributed by atoms with Gasteiger partial charge in [-0.25, -0.2) is 0 Å². The molecule has 4 nitrogen and oxygen atoms in total. The van der Waals surface area contributed by atoms with Crippen LogP contribution in [0.2, 0.25) is 5.02 Å². The predicted molar refractivity (Wildman–Crippen MR) is 70.4 cm³/mol. The van der Waals surface area contributed by atoms with Crippen molar-refractivity contribution in [1.29, 1.82) is 5.26 Å². The van der Waals surface area contributed by atoms with Crippen molar-refractivity contribution in [2.24, 2.45) is 5.92 Å². The number of hydrogen-bond donors (Lipinski definition) is 2. The maximum Gasteiger partial charge on any atom is 0.241 e. The van der Waals surface area contributed by atoms with Gasteiger partial charge in [0.1, 0.15) is 0 Å². The quantitative estimate of drug-likeness (QED) is 0.859. The zero-order valence-electron chi connectivity index (χ0n) is 10.0. The third kappa shape index (κ3) is 2.63. The van der Waals surface area contributed by atoms with Gasteiger partial charge in [-0.05, 0) is 37.1 Å². The van der Waals surface area contributed by atoms with Gasteiger partial charge in [-0.3, -0.25) is 4.79 Å². The Kier molecular flexibility index (Phi) is 3.85. The first kappa shape index (κ1) is 12.9. The van der Waals surface area contributed by atoms with Crippen molar-refractivity contribution in [1.82, 2.24) is 5.32 Å². The summed E-state index contributed by atoms with van der Waals surface area (Å²) in [7, 11) is 0. The van der Waals surface area contributed by atoms with Gasteiger partial charge < -0.3 is 10.6 Å². The first-order valence-corrected chi connectivity index (χ1v) is 6.23. The van der Waals surface area contributed by atoms with Gasteiger partial charge in [-0.1, -0.05) is 18.5 Å². The first-order chi connectivity index (χ1) is 8.61. The van der Waals surface area contributed by atoms with Crippen LogP contribution >= 0.6 is 11.6 Å². The van der Waals surface area contributed by atoms with Crippen molar-refractivity contribution in [3.05, 3.63) is 28.8 Å². The zero-order chi connectivity index (χ0) is 13.1. The minimum atomic E-state index is -0.170. The molecule has 1 fully saturated rings. The van der Waals surface area contributed by atoms with Crippen LogP contribution in [0.3, 0.4) is 0 Å². The Labute approximate surface area is 111 Å². The van der Waals surface area contributed by atoms with E-state index in [0.29, 0.717) is 22.2 Å². The molecule has 0 spiro atoms. The van der Waals surface area contributed by atoms with Gasteiger partial charge >= 0.3 is 0 Å². The molecule has 1 saturated heterocycles. The molecule has 18 heavy (non-hydrogen) atoms. The highest BCUT2D eigenvalue weighted by atomic mass is 35.5. The van der Waals surface area contributed by atoms with Crippen molar-refractivity contribution in [2.75, 3.05) is 11.9 Å². The van der Waals surface area contributed by atoms with Gasteiger partial charge in [0.25, 0.3) is 0 Å². The Hall–Kier alpha value is -1.57. The standard InChI is InChI=1S/C13H14ClN3O/c1-8-4-5-16-12(8)13(18)17-11-3-2-9(7-15)6-10(11)14/h2-3,6,8,12,16H,4-5H2,1H3,(H,17,18). The molecule has 0 aromatic heterocycles. The van der Waals surface area contributed by atoms with Gasteiger partial charge in [0.15, 0.2) is 0 Å². The molecule has 1 aliphatic rings. The van der Waals surface area contributed by atoms with E-state index in [4.69, 9.17) is 16.9 Å². The van der Waals surface area contributed by atoms with Crippen molar-refractivity contribution in [3.8, 4) is 6.07 Å². The molecular weight excluding hydrogens is 250 g/mol. The van der Waals surface area contributed by atoms with Crippen molar-refractivity contribution >= 4 is 23.2 Å². The number of anilines is 1. The molecule has 2 unspecified atom stereocenters. The average Bonchev–Trinajstić information content (AvgIpc) is 2.78. The van der Waals surface area contributed by atoms with E-state index < -0.39 is 0 Å². The van der Waals surface area contributed by atoms with E-state index in [9.17, 15) is 4.79 Å². The molecule has 2 atom stereocenters. The number of hydrogen-bond acceptors (Lipinski definition) is 3. The number of amides is 1. The van der Waals surface area contributed by atoms with E-state index in [0.717, 1.165) is 13.0 Å². The van der Waals surface area contributed by atoms with Gasteiger partial charge in [-0.15, -0.1) is 0 Å². The number of rotatable bonds is 2. The second kappa shape index (κ2) is 5.38. The number of carbonyl (C=O) groups is 1. The Balaban J connectivity index is 2.10. The Morgan fingerprint density at radius 3 is 2.94 bits per heavy atom. The summed E-state index contributed by atoms with van der Waals surface area (Å²) in [6.07, 6.45) is 0.999. The normalized spacial score (nSPS) is 22.5. The van der Waals surface area contributed by atoms with E-state index in [1.165, 1.54) is 0 Å². The molecule has 1 amide bonds. The summed E-state index contributed by atoms with van der Waals surface area (Å²) < 4.78 is 0. The lowest BCUT2D eigenvalue weighted by molar-refractivity contribution is -0.118. The molecule has 2 rings (SSSR count). The third-order valence-corrected chi connectivity index (χ3v) is 3.48. The number of carbonyl (C=O) groups excluding carboxylic acids is 1. The molecule has 2 N–H and O–H groups in total. The van der Waals surface area contributed by atoms with E-state index >= 15 is 0 Å². The monoisotopic (exact) mass is 263 g/mol. The third-order valence-electron chi connectivity index (χ3n) is 3.17. The van der Waals surface area contributed by atoms with Crippen LogP contribution < -0.4 is 10.6 Å². The highest BCUT2D eigenvalue weighted by molar-refractivity contribution is 6.33. The summed E-state index contributed by atoms with van der Waals surface area (Å²) >= 11 is 6.01. The van der Waals surface area contributed by atoms with Crippen molar-refractivity contribution in [2.45, 2.75) is 19.4 Å². The van der Waals surface area contributed by atoms with E-state index in [-0.39, 0.29) is 11.9 Å². The van der Waals surface area contributed by atoms with Crippen LogP contribution in [0.5, 0.6) is 0 Å². The van der Waals surface area contributed by atoms with Gasteiger partial charge in [-0.2, -0.15) is 5.26 Å². The Bertz CT molecular complexity index is 509. The van der Waals surface area contributed by atoms with Crippen molar-refractivity contribution < 1.29 is 4.79 Å². The molecule has 1 aromatic rings.